The summed E-state index contributed by atoms with van der Waals surface area (Å²) >= 11 is 0. The third kappa shape index (κ3) is 6.09. The van der Waals surface area contributed by atoms with Gasteiger partial charge in [-0.1, -0.05) is 18.2 Å². The van der Waals surface area contributed by atoms with Gasteiger partial charge in [0.25, 0.3) is 0 Å². The molecule has 2 aromatic rings. The predicted octanol–water partition coefficient (Wildman–Crippen LogP) is 0.783. The molecule has 0 saturated carbocycles. The van der Waals surface area contributed by atoms with Gasteiger partial charge in [-0.05, 0) is 42.3 Å². The van der Waals surface area contributed by atoms with Crippen molar-refractivity contribution in [3.05, 3.63) is 53.6 Å². The number of hydrogen-bond acceptors (Lipinski definition) is 7. The Hall–Kier alpha value is -2.51. The normalized spacial score (nSPS) is 16.2. The number of benzene rings is 2. The Balaban J connectivity index is 1.73. The number of primary sulfonamides is 1. The summed E-state index contributed by atoms with van der Waals surface area (Å²) in [4.78, 5) is 12.6. The Morgan fingerprint density at radius 2 is 1.76 bits per heavy atom. The number of nitrogens with two attached hydrogens (primary N) is 1. The summed E-state index contributed by atoms with van der Waals surface area (Å²) < 4.78 is 60.8. The zero-order valence-electron chi connectivity index (χ0n) is 18.4. The van der Waals surface area contributed by atoms with Crippen LogP contribution in [0.25, 0.3) is 0 Å². The summed E-state index contributed by atoms with van der Waals surface area (Å²) in [7, 11) is -6.21. The molecule has 0 aliphatic carbocycles. The van der Waals surface area contributed by atoms with E-state index in [2.05, 4.69) is 5.32 Å². The number of nitrogens with zero attached hydrogens (tertiary/aromatic N) is 1. The van der Waals surface area contributed by atoms with Crippen LogP contribution in [-0.4, -0.2) is 60.5 Å². The molecule has 3 N–H and O–H groups in total. The monoisotopic (exact) mass is 497 g/mol. The van der Waals surface area contributed by atoms with Gasteiger partial charge in [-0.2, -0.15) is 4.31 Å². The fraction of sp³-hybridized carbons (Fsp3) is 0.381. The molecular formula is C21H27N3O7S2. The first-order chi connectivity index (χ1) is 15.5. The van der Waals surface area contributed by atoms with E-state index in [-0.39, 0.29) is 41.0 Å². The van der Waals surface area contributed by atoms with Crippen LogP contribution in [-0.2, 0) is 36.0 Å². The third-order valence-corrected chi connectivity index (χ3v) is 8.12. The van der Waals surface area contributed by atoms with Gasteiger partial charge in [0, 0.05) is 13.1 Å². The molecule has 1 aliphatic rings. The Morgan fingerprint density at radius 3 is 2.33 bits per heavy atom. The molecule has 0 unspecified atom stereocenters. The zero-order chi connectivity index (χ0) is 24.2. The van der Waals surface area contributed by atoms with E-state index in [0.29, 0.717) is 24.3 Å². The van der Waals surface area contributed by atoms with Crippen LogP contribution in [0, 0.1) is 0 Å². The summed E-state index contributed by atoms with van der Waals surface area (Å²) in [6.45, 7) is 2.89. The molecule has 1 amide bonds. The highest BCUT2D eigenvalue weighted by molar-refractivity contribution is 7.89. The van der Waals surface area contributed by atoms with E-state index in [1.165, 1.54) is 35.7 Å². The summed E-state index contributed by atoms with van der Waals surface area (Å²) in [5.74, 6) is -0.119. The van der Waals surface area contributed by atoms with Crippen LogP contribution in [0.5, 0.6) is 5.75 Å². The van der Waals surface area contributed by atoms with Crippen LogP contribution in [0.4, 0.5) is 0 Å². The maximum atomic E-state index is 13.1. The lowest BCUT2D eigenvalue weighted by atomic mass is 10.1. The molecule has 180 valence electrons. The Bertz CT molecular complexity index is 1210. The average molecular weight is 498 g/mol. The van der Waals surface area contributed by atoms with Crippen molar-refractivity contribution in [3.8, 4) is 5.75 Å². The molecule has 12 heteroatoms. The van der Waals surface area contributed by atoms with Crippen LogP contribution in [0.1, 0.15) is 24.1 Å². The molecule has 1 atom stereocenters. The topological polar surface area (TPSA) is 145 Å². The van der Waals surface area contributed by atoms with Crippen molar-refractivity contribution in [3.63, 3.8) is 0 Å². The molecule has 3 rings (SSSR count). The fourth-order valence-corrected chi connectivity index (χ4v) is 5.60. The van der Waals surface area contributed by atoms with Crippen LogP contribution >= 0.6 is 0 Å². The van der Waals surface area contributed by atoms with Crippen molar-refractivity contribution in [1.29, 1.82) is 0 Å². The van der Waals surface area contributed by atoms with Gasteiger partial charge in [-0.3, -0.25) is 4.79 Å². The number of hydrogen-bond donors (Lipinski definition) is 2. The molecule has 2 aromatic carbocycles. The second-order valence-electron chi connectivity index (χ2n) is 7.58. The minimum Gasteiger partial charge on any atom is -0.495 e. The van der Waals surface area contributed by atoms with Crippen molar-refractivity contribution < 1.29 is 31.1 Å². The SMILES string of the molecule is COc1ccc(CC(=O)N[C@@H](C)c2ccc(S(N)(=O)=O)cc2)cc1S(=O)(=O)N1CCOCC1. The molecule has 0 aromatic heterocycles. The van der Waals surface area contributed by atoms with Crippen molar-refractivity contribution >= 4 is 26.0 Å². The third-order valence-electron chi connectivity index (χ3n) is 5.27. The van der Waals surface area contributed by atoms with E-state index in [4.69, 9.17) is 14.6 Å². The quantitative estimate of drug-likeness (QED) is 0.548. The van der Waals surface area contributed by atoms with E-state index in [1.54, 1.807) is 25.1 Å². The lowest BCUT2D eigenvalue weighted by Gasteiger charge is -2.26. The van der Waals surface area contributed by atoms with Gasteiger partial charge >= 0.3 is 0 Å². The van der Waals surface area contributed by atoms with Crippen molar-refractivity contribution in [1.82, 2.24) is 9.62 Å². The highest BCUT2D eigenvalue weighted by Crippen LogP contribution is 2.28. The van der Waals surface area contributed by atoms with Crippen molar-refractivity contribution in [2.45, 2.75) is 29.2 Å². The van der Waals surface area contributed by atoms with Gasteiger partial charge in [-0.25, -0.2) is 22.0 Å². The van der Waals surface area contributed by atoms with E-state index in [9.17, 15) is 21.6 Å². The second-order valence-corrected chi connectivity index (χ2v) is 11.0. The van der Waals surface area contributed by atoms with E-state index >= 15 is 0 Å². The summed E-state index contributed by atoms with van der Waals surface area (Å²) in [5.41, 5.74) is 1.21. The minimum absolute atomic E-state index is 0.00355. The standard InChI is InChI=1S/C21H27N3O7S2/c1-15(17-4-6-18(7-5-17)32(22,26)27)23-21(25)14-16-3-8-19(30-2)20(13-16)33(28,29)24-9-11-31-12-10-24/h3-8,13,15H,9-12,14H2,1-2H3,(H,23,25)(H2,22,26,27)/t15-/m0/s1. The number of ether oxygens (including phenoxy) is 2. The zero-order valence-corrected chi connectivity index (χ0v) is 20.0. The Labute approximate surface area is 193 Å². The number of sulfonamides is 2. The van der Waals surface area contributed by atoms with Crippen molar-refractivity contribution in [2.75, 3.05) is 33.4 Å². The van der Waals surface area contributed by atoms with E-state index in [1.807, 2.05) is 0 Å². The molecule has 1 aliphatic heterocycles. The molecule has 1 fully saturated rings. The van der Waals surface area contributed by atoms with Gasteiger partial charge in [0.15, 0.2) is 0 Å². The molecule has 0 spiro atoms. The maximum absolute atomic E-state index is 13.1. The van der Waals surface area contributed by atoms with E-state index in [0.717, 1.165) is 0 Å². The number of carbonyl (C=O) groups is 1. The number of morpholine rings is 1. The summed E-state index contributed by atoms with van der Waals surface area (Å²) in [6, 6.07) is 10.1. The first kappa shape index (κ1) is 25.1. The van der Waals surface area contributed by atoms with Gasteiger partial charge < -0.3 is 14.8 Å². The maximum Gasteiger partial charge on any atom is 0.246 e. The Kier molecular flexibility index (Phi) is 7.75. The highest BCUT2D eigenvalue weighted by Gasteiger charge is 2.29. The summed E-state index contributed by atoms with van der Waals surface area (Å²) in [5, 5.41) is 7.93. The first-order valence-electron chi connectivity index (χ1n) is 10.2. The lowest BCUT2D eigenvalue weighted by Crippen LogP contribution is -2.40. The largest absolute Gasteiger partial charge is 0.495 e. The van der Waals surface area contributed by atoms with Gasteiger partial charge in [-0.15, -0.1) is 0 Å². The van der Waals surface area contributed by atoms with Crippen LogP contribution in [0.2, 0.25) is 0 Å². The summed E-state index contributed by atoms with van der Waals surface area (Å²) in [6.07, 6.45) is -0.0464. The second kappa shape index (κ2) is 10.2. The smallest absolute Gasteiger partial charge is 0.246 e. The number of carbonyl (C=O) groups excluding carboxylic acids is 1. The van der Waals surface area contributed by atoms with Gasteiger partial charge in [0.2, 0.25) is 26.0 Å². The molecular weight excluding hydrogens is 470 g/mol. The number of nitrogens with one attached hydrogen (secondary N) is 1. The van der Waals surface area contributed by atoms with Crippen LogP contribution in [0.3, 0.4) is 0 Å². The van der Waals surface area contributed by atoms with Crippen molar-refractivity contribution in [2.24, 2.45) is 5.14 Å². The Morgan fingerprint density at radius 1 is 1.12 bits per heavy atom. The molecule has 0 bridgehead atoms. The number of amides is 1. The van der Waals surface area contributed by atoms with E-state index < -0.39 is 26.1 Å². The first-order valence-corrected chi connectivity index (χ1v) is 13.2. The molecule has 10 nitrogen and oxygen atoms in total. The average Bonchev–Trinajstić information content (AvgIpc) is 2.79. The minimum atomic E-state index is -3.81. The molecule has 1 heterocycles. The fourth-order valence-electron chi connectivity index (χ4n) is 3.47. The lowest BCUT2D eigenvalue weighted by molar-refractivity contribution is -0.121. The van der Waals surface area contributed by atoms with Gasteiger partial charge in [0.05, 0.1) is 37.7 Å². The van der Waals surface area contributed by atoms with Crippen LogP contribution < -0.4 is 15.2 Å². The number of methoxy groups -OCH3 is 1. The predicted molar refractivity (Wildman–Crippen MR) is 121 cm³/mol. The number of rotatable bonds is 8. The highest BCUT2D eigenvalue weighted by atomic mass is 32.2. The van der Waals surface area contributed by atoms with Crippen LogP contribution in [0.15, 0.2) is 52.3 Å². The molecule has 1 saturated heterocycles. The molecule has 33 heavy (non-hydrogen) atoms. The van der Waals surface area contributed by atoms with Gasteiger partial charge in [0.1, 0.15) is 10.6 Å². The molecule has 0 radical (unpaired) electrons.